The van der Waals surface area contributed by atoms with Crippen LogP contribution in [0.25, 0.3) is 0 Å². The van der Waals surface area contributed by atoms with E-state index in [1.54, 1.807) is 6.08 Å². The summed E-state index contributed by atoms with van der Waals surface area (Å²) in [5, 5.41) is 47.1. The highest BCUT2D eigenvalue weighted by molar-refractivity contribution is 5.85. The Morgan fingerprint density at radius 1 is 0.831 bits per heavy atom. The van der Waals surface area contributed by atoms with E-state index in [9.17, 15) is 30.0 Å². The van der Waals surface area contributed by atoms with Gasteiger partial charge in [0.1, 0.15) is 18.8 Å². The summed E-state index contributed by atoms with van der Waals surface area (Å²) in [6, 6.07) is 0. The molecule has 15 nitrogen and oxygen atoms in total. The first-order valence-electron chi connectivity index (χ1n) is 22.4. The predicted molar refractivity (Wildman–Crippen MR) is 209 cm³/mol. The molecule has 4 heterocycles. The predicted octanol–water partition coefficient (Wildman–Crippen LogP) is 2.97. The van der Waals surface area contributed by atoms with E-state index in [-0.39, 0.29) is 73.3 Å². The smallest absolute Gasteiger partial charge is 0.331 e. The minimum atomic E-state index is -1.01. The van der Waals surface area contributed by atoms with Gasteiger partial charge in [0, 0.05) is 43.8 Å². The Morgan fingerprint density at radius 3 is 2.15 bits per heavy atom. The Bertz CT molecular complexity index is 1540. The fraction of sp³-hybridized carbons (Fsp3) is 0.909. The molecular weight excluding hydrogens is 766 g/mol. The fourth-order valence-corrected chi connectivity index (χ4v) is 13.3. The molecule has 0 bridgehead atoms. The minimum absolute atomic E-state index is 0.0398. The van der Waals surface area contributed by atoms with Gasteiger partial charge in [0.2, 0.25) is 0 Å². The zero-order valence-corrected chi connectivity index (χ0v) is 35.7. The number of carbonyl (C=O) groups excluding carboxylic acids is 2. The molecule has 334 valence electrons. The van der Waals surface area contributed by atoms with Crippen molar-refractivity contribution in [2.24, 2.45) is 34.5 Å². The maximum Gasteiger partial charge on any atom is 0.331 e. The first-order valence-corrected chi connectivity index (χ1v) is 22.4. The van der Waals surface area contributed by atoms with Crippen molar-refractivity contribution < 1.29 is 67.9 Å². The number of ether oxygens (including phenoxy) is 8. The normalized spacial score (nSPS) is 50.5. The highest BCUT2D eigenvalue weighted by Gasteiger charge is 2.71. The van der Waals surface area contributed by atoms with Crippen molar-refractivity contribution in [3.05, 3.63) is 11.6 Å². The Kier molecular flexibility index (Phi) is 12.7. The largest absolute Gasteiger partial charge is 0.468 e. The number of carbonyl (C=O) groups is 2. The average Bonchev–Trinajstić information content (AvgIpc) is 3.67. The van der Waals surface area contributed by atoms with Crippen LogP contribution >= 0.6 is 0 Å². The molecule has 8 aliphatic rings. The lowest BCUT2D eigenvalue weighted by molar-refractivity contribution is -0.329. The van der Waals surface area contributed by atoms with Gasteiger partial charge >= 0.3 is 11.9 Å². The van der Waals surface area contributed by atoms with Gasteiger partial charge in [-0.05, 0) is 107 Å². The zero-order chi connectivity index (χ0) is 42.0. The van der Waals surface area contributed by atoms with Crippen LogP contribution in [0.4, 0.5) is 0 Å². The molecule has 15 heteroatoms. The summed E-state index contributed by atoms with van der Waals surface area (Å²) >= 11 is 0. The number of hydrogen-bond acceptors (Lipinski definition) is 15. The van der Waals surface area contributed by atoms with E-state index in [4.69, 9.17) is 37.9 Å². The fourth-order valence-electron chi connectivity index (χ4n) is 13.3. The summed E-state index contributed by atoms with van der Waals surface area (Å²) in [5.74, 6) is -0.0897. The quantitative estimate of drug-likeness (QED) is 0.196. The molecule has 0 spiro atoms. The first kappa shape index (κ1) is 43.9. The topological polar surface area (TPSA) is 192 Å². The van der Waals surface area contributed by atoms with Gasteiger partial charge in [0.15, 0.2) is 18.9 Å². The van der Waals surface area contributed by atoms with Gasteiger partial charge in [0.25, 0.3) is 0 Å². The molecule has 19 atom stereocenters. The van der Waals surface area contributed by atoms with Crippen LogP contribution in [0.3, 0.4) is 0 Å². The van der Waals surface area contributed by atoms with Crippen molar-refractivity contribution in [3.8, 4) is 0 Å². The second kappa shape index (κ2) is 17.1. The van der Waals surface area contributed by atoms with Gasteiger partial charge in [0.05, 0.1) is 62.0 Å². The summed E-state index contributed by atoms with van der Waals surface area (Å²) in [6.45, 7) is 11.6. The van der Waals surface area contributed by atoms with Crippen LogP contribution in [0.5, 0.6) is 0 Å². The van der Waals surface area contributed by atoms with Gasteiger partial charge in [-0.1, -0.05) is 13.8 Å². The van der Waals surface area contributed by atoms with Crippen LogP contribution in [0, 0.1) is 34.5 Å². The monoisotopic (exact) mass is 835 g/mol. The van der Waals surface area contributed by atoms with Crippen LogP contribution in [-0.2, 0) is 47.5 Å². The lowest BCUT2D eigenvalue weighted by Gasteiger charge is -2.65. The van der Waals surface area contributed by atoms with Crippen LogP contribution in [0.2, 0.25) is 0 Å². The second-order valence-electron chi connectivity index (χ2n) is 19.7. The molecule has 0 amide bonds. The number of methoxy groups -OCH3 is 1. The summed E-state index contributed by atoms with van der Waals surface area (Å²) in [6.07, 6.45) is 1.95. The molecule has 59 heavy (non-hydrogen) atoms. The number of hydrogen-bond donors (Lipinski definition) is 4. The Balaban J connectivity index is 0.818. The number of cyclic esters (lactones) is 1. The molecule has 0 unspecified atom stereocenters. The number of esters is 2. The first-order chi connectivity index (χ1) is 28.0. The van der Waals surface area contributed by atoms with Crippen molar-refractivity contribution in [1.29, 1.82) is 0 Å². The summed E-state index contributed by atoms with van der Waals surface area (Å²) in [4.78, 5) is 25.8. The third-order valence-corrected chi connectivity index (χ3v) is 16.4. The molecule has 4 aliphatic heterocycles. The molecule has 4 saturated carbocycles. The number of nitrogens with zero attached hydrogens (tertiary/aromatic N) is 1. The molecule has 0 aromatic rings. The van der Waals surface area contributed by atoms with E-state index in [2.05, 4.69) is 6.92 Å². The van der Waals surface area contributed by atoms with Crippen molar-refractivity contribution in [2.75, 3.05) is 33.4 Å². The molecule has 4 aliphatic carbocycles. The lowest BCUT2D eigenvalue weighted by atomic mass is 9.42. The summed E-state index contributed by atoms with van der Waals surface area (Å²) in [7, 11) is 1.37. The lowest BCUT2D eigenvalue weighted by Crippen LogP contribution is -2.67. The standard InChI is InChI=1S/C44H69NO14/c1-23-20-45(21-36(50)52-6)14-11-37(54-23)58-40-24(2)56-39(19-33(40)47)59-41-25(3)55-38(18-32(41)46)57-28-9-12-42(4)27(16-28)7-8-30-31(42)17-34(48)43(5)29(10-13-44(30,43)51)26-15-35(49)53-22-26/h15,23-25,27-34,37-41,46-48,51H,7-14,16-22H2,1-6H3/t23-,24-,25-,27-,28+,29-,30-,31+,32+,33+,34-,37+,38+,39+,40-,41-,42+,43+,44+/m1/s1. The minimum Gasteiger partial charge on any atom is -0.468 e. The Morgan fingerprint density at radius 2 is 1.51 bits per heavy atom. The molecule has 0 aromatic heterocycles. The second-order valence-corrected chi connectivity index (χ2v) is 19.7. The molecule has 7 fully saturated rings. The zero-order valence-electron chi connectivity index (χ0n) is 35.7. The Hall–Kier alpha value is -1.76. The summed E-state index contributed by atoms with van der Waals surface area (Å²) in [5.41, 5.74) is -0.884. The number of aliphatic hydroxyl groups excluding tert-OH is 3. The molecular formula is C44H69NO14. The Labute approximate surface area is 348 Å². The molecule has 4 N–H and O–H groups in total. The van der Waals surface area contributed by atoms with Gasteiger partial charge in [-0.3, -0.25) is 9.69 Å². The molecule has 0 radical (unpaired) electrons. The maximum atomic E-state index is 12.6. The maximum absolute atomic E-state index is 12.6. The van der Waals surface area contributed by atoms with Crippen LogP contribution < -0.4 is 0 Å². The highest BCUT2D eigenvalue weighted by atomic mass is 16.7. The van der Waals surface area contributed by atoms with E-state index in [0.29, 0.717) is 38.3 Å². The summed E-state index contributed by atoms with van der Waals surface area (Å²) < 4.78 is 47.8. The molecule has 8 rings (SSSR count). The van der Waals surface area contributed by atoms with Crippen LogP contribution in [-0.4, -0.2) is 150 Å². The van der Waals surface area contributed by atoms with E-state index in [1.807, 2.05) is 32.6 Å². The van der Waals surface area contributed by atoms with Gasteiger partial charge < -0.3 is 58.3 Å². The van der Waals surface area contributed by atoms with Crippen LogP contribution in [0.15, 0.2) is 11.6 Å². The van der Waals surface area contributed by atoms with Gasteiger partial charge in [-0.25, -0.2) is 4.79 Å². The average molecular weight is 836 g/mol. The highest BCUT2D eigenvalue weighted by Crippen LogP contribution is 2.70. The van der Waals surface area contributed by atoms with Crippen LogP contribution in [0.1, 0.15) is 105 Å². The van der Waals surface area contributed by atoms with Crippen molar-refractivity contribution >= 4 is 11.9 Å². The molecule has 0 aromatic carbocycles. The van der Waals surface area contributed by atoms with Crippen molar-refractivity contribution in [3.63, 3.8) is 0 Å². The third kappa shape index (κ3) is 8.18. The number of fused-ring (bicyclic) bond motifs is 5. The van der Waals surface area contributed by atoms with Crippen molar-refractivity contribution in [1.82, 2.24) is 4.90 Å². The third-order valence-electron chi connectivity index (χ3n) is 16.4. The van der Waals surface area contributed by atoms with E-state index >= 15 is 0 Å². The number of rotatable bonds is 9. The number of aliphatic hydroxyl groups is 4. The van der Waals surface area contributed by atoms with Gasteiger partial charge in [-0.2, -0.15) is 0 Å². The molecule has 3 saturated heterocycles. The SMILES string of the molecule is COC(=O)CN1CC[C@H](O[C@H]2[C@@H](O)C[C@H](O[C@H]3[C@@H](O)C[C@H](O[C@H]4CC[C@@]5(C)[C@H](CC[C@@H]6[C@@H]5C[C@@H](O)[C@]5(C)[C@@H](C7=CC(=O)OC7)CC[C@]65O)C4)O[C@@H]3C)O[C@@H]2C)O[C@H](C)C1. The van der Waals surface area contributed by atoms with Gasteiger partial charge in [-0.15, -0.1) is 0 Å². The van der Waals surface area contributed by atoms with E-state index in [0.717, 1.165) is 44.1 Å². The van der Waals surface area contributed by atoms with E-state index < -0.39 is 72.6 Å². The van der Waals surface area contributed by atoms with Crippen molar-refractivity contribution in [2.45, 2.75) is 185 Å². The van der Waals surface area contributed by atoms with E-state index in [1.165, 1.54) is 7.11 Å².